The molecule has 0 aliphatic heterocycles. The van der Waals surface area contributed by atoms with Crippen molar-refractivity contribution in [2.75, 3.05) is 32.8 Å². The van der Waals surface area contributed by atoms with Gasteiger partial charge in [0.25, 0.3) is 5.91 Å². The quantitative estimate of drug-likeness (QED) is 0.340. The van der Waals surface area contributed by atoms with Crippen LogP contribution < -0.4 is 29.7 Å². The predicted octanol–water partition coefficient (Wildman–Crippen LogP) is 4.58. The van der Waals surface area contributed by atoms with Crippen LogP contribution in [0.1, 0.15) is 48.5 Å². The summed E-state index contributed by atoms with van der Waals surface area (Å²) in [6, 6.07) is 14.3. The van der Waals surface area contributed by atoms with Crippen LogP contribution in [-0.2, 0) is 9.59 Å². The average Bonchev–Trinajstić information content (AvgIpc) is 3.49. The van der Waals surface area contributed by atoms with Crippen LogP contribution in [0.2, 0.25) is 0 Å². The Morgan fingerprint density at radius 1 is 0.923 bits per heavy atom. The Morgan fingerprint density at radius 2 is 1.59 bits per heavy atom. The number of amides is 3. The molecule has 39 heavy (non-hydrogen) atoms. The number of anilines is 1. The molecule has 0 saturated heterocycles. The van der Waals surface area contributed by atoms with Gasteiger partial charge in [-0.2, -0.15) is 0 Å². The smallest absolute Gasteiger partial charge is 0.261 e. The van der Waals surface area contributed by atoms with Gasteiger partial charge in [-0.3, -0.25) is 19.3 Å². The molecule has 1 heterocycles. The summed E-state index contributed by atoms with van der Waals surface area (Å²) in [7, 11) is 4.54. The summed E-state index contributed by atoms with van der Waals surface area (Å²) in [5.41, 5.74) is 0.347. The lowest BCUT2D eigenvalue weighted by Gasteiger charge is -2.35. The van der Waals surface area contributed by atoms with Gasteiger partial charge in [0, 0.05) is 23.7 Å². The van der Waals surface area contributed by atoms with Gasteiger partial charge in [-0.1, -0.05) is 25.1 Å². The zero-order chi connectivity index (χ0) is 28.6. The minimum atomic E-state index is -1.10. The van der Waals surface area contributed by atoms with Crippen LogP contribution in [0.3, 0.4) is 0 Å². The highest BCUT2D eigenvalue weighted by atomic mass is 32.1. The third kappa shape index (κ3) is 7.51. The van der Waals surface area contributed by atoms with Crippen LogP contribution in [0.15, 0.2) is 60.0 Å². The number of carbonyl (C=O) groups excluding carboxylic acids is 3. The van der Waals surface area contributed by atoms with Crippen molar-refractivity contribution < 1.29 is 28.6 Å². The van der Waals surface area contributed by atoms with Gasteiger partial charge < -0.3 is 24.8 Å². The van der Waals surface area contributed by atoms with Gasteiger partial charge >= 0.3 is 0 Å². The summed E-state index contributed by atoms with van der Waals surface area (Å²) in [6.07, 6.45) is 0.668. The van der Waals surface area contributed by atoms with Crippen molar-refractivity contribution in [2.45, 2.75) is 38.8 Å². The molecule has 0 aliphatic rings. The number of hydrogen-bond acceptors (Lipinski definition) is 7. The highest BCUT2D eigenvalue weighted by Crippen LogP contribution is 2.35. The molecule has 10 heteroatoms. The van der Waals surface area contributed by atoms with Gasteiger partial charge in [0.15, 0.2) is 0 Å². The minimum absolute atomic E-state index is 0.346. The molecule has 208 valence electrons. The van der Waals surface area contributed by atoms with Crippen molar-refractivity contribution in [3.8, 4) is 17.2 Å². The van der Waals surface area contributed by atoms with Gasteiger partial charge in [-0.25, -0.2) is 0 Å². The second-order valence-electron chi connectivity index (χ2n) is 9.40. The lowest BCUT2D eigenvalue weighted by atomic mass is 9.98. The van der Waals surface area contributed by atoms with Crippen molar-refractivity contribution in [1.82, 2.24) is 10.6 Å². The van der Waals surface area contributed by atoms with Crippen molar-refractivity contribution in [3.05, 3.63) is 70.4 Å². The van der Waals surface area contributed by atoms with E-state index in [1.54, 1.807) is 60.0 Å². The van der Waals surface area contributed by atoms with Crippen molar-refractivity contribution >= 4 is 34.7 Å². The van der Waals surface area contributed by atoms with Crippen LogP contribution in [0.25, 0.3) is 0 Å². The molecule has 3 rings (SSSR count). The summed E-state index contributed by atoms with van der Waals surface area (Å²) in [5, 5.41) is 7.53. The Hall–Kier alpha value is -4.05. The molecule has 1 aromatic heterocycles. The summed E-state index contributed by atoms with van der Waals surface area (Å²) in [4.78, 5) is 42.4. The van der Waals surface area contributed by atoms with Crippen molar-refractivity contribution in [2.24, 2.45) is 0 Å². The molecule has 0 saturated carbocycles. The summed E-state index contributed by atoms with van der Waals surface area (Å²) in [5.74, 6) is 0.118. The standard InChI is InChI=1S/C29H35N3O6S/c1-7-29(2,3)31-28(35)26(19-10-8-11-21(14-19)36-4)32(20-15-22(37-5)17-23(16-20)38-6)25(33)18-30-27(34)24-12-9-13-39-24/h8-17,26H,7,18H2,1-6H3,(H,30,34)(H,31,35)/t26-/m1/s1. The molecule has 0 fully saturated rings. The molecule has 9 nitrogen and oxygen atoms in total. The maximum absolute atomic E-state index is 14.0. The van der Waals surface area contributed by atoms with E-state index in [-0.39, 0.29) is 12.5 Å². The Morgan fingerprint density at radius 3 is 2.15 bits per heavy atom. The first-order valence-electron chi connectivity index (χ1n) is 12.4. The fourth-order valence-corrected chi connectivity index (χ4v) is 4.46. The Kier molecular flexibility index (Phi) is 9.95. The summed E-state index contributed by atoms with van der Waals surface area (Å²) in [6.45, 7) is 5.45. The van der Waals surface area contributed by atoms with Gasteiger partial charge in [-0.05, 0) is 49.4 Å². The number of hydrogen-bond donors (Lipinski definition) is 2. The fraction of sp³-hybridized carbons (Fsp3) is 0.345. The Labute approximate surface area is 233 Å². The molecule has 3 amide bonds. The normalized spacial score (nSPS) is 11.7. The molecule has 1 atom stereocenters. The number of nitrogens with one attached hydrogen (secondary N) is 2. The molecular weight excluding hydrogens is 518 g/mol. The Bertz CT molecular complexity index is 1270. The van der Waals surface area contributed by atoms with Gasteiger partial charge in [0.2, 0.25) is 11.8 Å². The van der Waals surface area contributed by atoms with E-state index in [0.717, 1.165) is 0 Å². The van der Waals surface area contributed by atoms with E-state index in [4.69, 9.17) is 14.2 Å². The van der Waals surface area contributed by atoms with Crippen LogP contribution in [0.5, 0.6) is 17.2 Å². The first-order chi connectivity index (χ1) is 18.6. The van der Waals surface area contributed by atoms with Crippen LogP contribution in [-0.4, -0.2) is 51.1 Å². The van der Waals surface area contributed by atoms with E-state index >= 15 is 0 Å². The maximum atomic E-state index is 14.0. The van der Waals surface area contributed by atoms with Gasteiger partial charge in [0.05, 0.1) is 38.4 Å². The maximum Gasteiger partial charge on any atom is 0.261 e. The molecule has 0 unspecified atom stereocenters. The largest absolute Gasteiger partial charge is 0.497 e. The van der Waals surface area contributed by atoms with Crippen molar-refractivity contribution in [1.29, 1.82) is 0 Å². The molecule has 2 N–H and O–H groups in total. The average molecular weight is 554 g/mol. The lowest BCUT2D eigenvalue weighted by molar-refractivity contribution is -0.127. The first kappa shape index (κ1) is 29.5. The van der Waals surface area contributed by atoms with E-state index in [2.05, 4.69) is 10.6 Å². The number of methoxy groups -OCH3 is 3. The fourth-order valence-electron chi connectivity index (χ4n) is 3.82. The van der Waals surface area contributed by atoms with E-state index in [1.807, 2.05) is 20.8 Å². The number of rotatable bonds is 12. The van der Waals surface area contributed by atoms with Crippen molar-refractivity contribution in [3.63, 3.8) is 0 Å². The van der Waals surface area contributed by atoms with Crippen LogP contribution in [0, 0.1) is 0 Å². The van der Waals surface area contributed by atoms with Crippen LogP contribution in [0.4, 0.5) is 5.69 Å². The highest BCUT2D eigenvalue weighted by Gasteiger charge is 2.36. The monoisotopic (exact) mass is 553 g/mol. The molecule has 0 aliphatic carbocycles. The minimum Gasteiger partial charge on any atom is -0.497 e. The van der Waals surface area contributed by atoms with Gasteiger partial charge in [-0.15, -0.1) is 11.3 Å². The number of thiophene rings is 1. The van der Waals surface area contributed by atoms with E-state index in [9.17, 15) is 14.4 Å². The molecule has 0 bridgehead atoms. The molecule has 0 spiro atoms. The molecule has 2 aromatic carbocycles. The topological polar surface area (TPSA) is 106 Å². The SMILES string of the molecule is CCC(C)(C)NC(=O)[C@@H](c1cccc(OC)c1)N(C(=O)CNC(=O)c1cccs1)c1cc(OC)cc(OC)c1. The van der Waals surface area contributed by atoms with E-state index in [0.29, 0.717) is 39.8 Å². The zero-order valence-electron chi connectivity index (χ0n) is 23.1. The summed E-state index contributed by atoms with van der Waals surface area (Å²) >= 11 is 1.27. The zero-order valence-corrected chi connectivity index (χ0v) is 23.9. The highest BCUT2D eigenvalue weighted by molar-refractivity contribution is 7.12. The number of ether oxygens (including phenoxy) is 3. The number of benzene rings is 2. The Balaban J connectivity index is 2.14. The molecule has 0 radical (unpaired) electrons. The molecule has 3 aromatic rings. The summed E-state index contributed by atoms with van der Waals surface area (Å²) < 4.78 is 16.3. The predicted molar refractivity (Wildman–Crippen MR) is 152 cm³/mol. The lowest BCUT2D eigenvalue weighted by Crippen LogP contribution is -2.52. The first-order valence-corrected chi connectivity index (χ1v) is 13.3. The van der Waals surface area contributed by atoms with E-state index in [1.165, 1.54) is 37.6 Å². The molecular formula is C29H35N3O6S. The van der Waals surface area contributed by atoms with E-state index < -0.39 is 23.4 Å². The number of carbonyl (C=O) groups is 3. The van der Waals surface area contributed by atoms with Crippen LogP contribution >= 0.6 is 11.3 Å². The third-order valence-electron chi connectivity index (χ3n) is 6.29. The van der Waals surface area contributed by atoms with Gasteiger partial charge in [0.1, 0.15) is 23.3 Å². The number of nitrogens with zero attached hydrogens (tertiary/aromatic N) is 1. The second kappa shape index (κ2) is 13.1. The third-order valence-corrected chi connectivity index (χ3v) is 7.16. The second-order valence-corrected chi connectivity index (χ2v) is 10.3.